The fourth-order valence-electron chi connectivity index (χ4n) is 3.55. The smallest absolute Gasteiger partial charge is 0.138 e. The van der Waals surface area contributed by atoms with Crippen molar-refractivity contribution in [1.29, 1.82) is 5.26 Å². The number of benzene rings is 1. The molecule has 1 aromatic carbocycles. The Bertz CT molecular complexity index is 932. The van der Waals surface area contributed by atoms with E-state index in [0.717, 1.165) is 55.1 Å². The fourth-order valence-corrected chi connectivity index (χ4v) is 3.55. The zero-order valence-corrected chi connectivity index (χ0v) is 14.0. The van der Waals surface area contributed by atoms with Crippen molar-refractivity contribution in [3.8, 4) is 11.8 Å². The molecule has 1 aliphatic heterocycles. The Kier molecular flexibility index (Phi) is 4.04. The van der Waals surface area contributed by atoms with Gasteiger partial charge in [0.25, 0.3) is 0 Å². The van der Waals surface area contributed by atoms with Gasteiger partial charge in [-0.25, -0.2) is 0 Å². The molecule has 0 atom stereocenters. The summed E-state index contributed by atoms with van der Waals surface area (Å²) >= 11 is 0. The average molecular weight is 332 g/mol. The highest BCUT2D eigenvalue weighted by atomic mass is 16.3. The Balaban J connectivity index is 1.48. The number of fused-ring (bicyclic) bond motifs is 1. The van der Waals surface area contributed by atoms with Gasteiger partial charge in [0.05, 0.1) is 16.8 Å². The molecule has 3 aromatic rings. The predicted molar refractivity (Wildman–Crippen MR) is 97.7 cm³/mol. The molecular formula is C20H20N4O. The zero-order chi connectivity index (χ0) is 17.2. The lowest BCUT2D eigenvalue weighted by molar-refractivity contribution is 0.249. The second-order valence-corrected chi connectivity index (χ2v) is 6.39. The lowest BCUT2D eigenvalue weighted by atomic mass is 10.1. The molecular weight excluding hydrogens is 312 g/mol. The molecule has 3 heterocycles. The number of para-hydroxylation sites is 2. The van der Waals surface area contributed by atoms with Gasteiger partial charge < -0.3 is 14.4 Å². The second kappa shape index (κ2) is 6.50. The first-order valence-electron chi connectivity index (χ1n) is 8.50. The molecule has 0 unspecified atom stereocenters. The molecule has 0 spiro atoms. The van der Waals surface area contributed by atoms with Crippen LogP contribution in [-0.2, 0) is 6.54 Å². The SMILES string of the molecule is N#Cc1c(CN2CCN(c3ccccc3O)CC2)cn2ccccc12. The quantitative estimate of drug-likeness (QED) is 0.801. The Morgan fingerprint density at radius 1 is 1.00 bits per heavy atom. The zero-order valence-electron chi connectivity index (χ0n) is 14.0. The van der Waals surface area contributed by atoms with Crippen molar-refractivity contribution >= 4 is 11.2 Å². The minimum atomic E-state index is 0.335. The number of nitrogens with zero attached hydrogens (tertiary/aromatic N) is 4. The first-order chi connectivity index (χ1) is 12.3. The van der Waals surface area contributed by atoms with Gasteiger partial charge in [-0.2, -0.15) is 5.26 Å². The molecule has 1 fully saturated rings. The molecule has 4 rings (SSSR count). The number of aromatic hydroxyl groups is 1. The van der Waals surface area contributed by atoms with E-state index in [1.807, 2.05) is 47.0 Å². The van der Waals surface area contributed by atoms with Crippen LogP contribution in [0, 0.1) is 11.3 Å². The summed E-state index contributed by atoms with van der Waals surface area (Å²) in [5.74, 6) is 0.335. The van der Waals surface area contributed by atoms with Gasteiger partial charge >= 0.3 is 0 Å². The Morgan fingerprint density at radius 2 is 1.76 bits per heavy atom. The molecule has 1 aliphatic rings. The van der Waals surface area contributed by atoms with Crippen LogP contribution in [0.4, 0.5) is 5.69 Å². The van der Waals surface area contributed by atoms with Crippen LogP contribution in [0.2, 0.25) is 0 Å². The maximum absolute atomic E-state index is 10.0. The molecule has 0 bridgehead atoms. The van der Waals surface area contributed by atoms with Crippen LogP contribution < -0.4 is 4.90 Å². The van der Waals surface area contributed by atoms with E-state index < -0.39 is 0 Å². The average Bonchev–Trinajstić information content (AvgIpc) is 3.00. The van der Waals surface area contributed by atoms with E-state index in [1.54, 1.807) is 6.07 Å². The van der Waals surface area contributed by atoms with Crippen LogP contribution in [0.15, 0.2) is 54.9 Å². The summed E-state index contributed by atoms with van der Waals surface area (Å²) in [6.45, 7) is 4.33. The molecule has 5 nitrogen and oxygen atoms in total. The number of nitriles is 1. The molecule has 5 heteroatoms. The number of aromatic nitrogens is 1. The summed E-state index contributed by atoms with van der Waals surface area (Å²) in [6, 6.07) is 15.8. The molecule has 1 N–H and O–H groups in total. The van der Waals surface area contributed by atoms with Crippen molar-refractivity contribution < 1.29 is 5.11 Å². The first kappa shape index (κ1) is 15.6. The third kappa shape index (κ3) is 2.92. The van der Waals surface area contributed by atoms with Crippen LogP contribution >= 0.6 is 0 Å². The number of piperazine rings is 1. The lowest BCUT2D eigenvalue weighted by Gasteiger charge is -2.36. The highest BCUT2D eigenvalue weighted by Crippen LogP contribution is 2.27. The van der Waals surface area contributed by atoms with E-state index in [2.05, 4.69) is 22.1 Å². The van der Waals surface area contributed by atoms with E-state index in [-0.39, 0.29) is 0 Å². The van der Waals surface area contributed by atoms with Crippen LogP contribution in [0.25, 0.3) is 5.52 Å². The summed E-state index contributed by atoms with van der Waals surface area (Å²) in [5.41, 5.74) is 3.70. The summed E-state index contributed by atoms with van der Waals surface area (Å²) in [6.07, 6.45) is 4.04. The van der Waals surface area contributed by atoms with Crippen LogP contribution in [-0.4, -0.2) is 40.6 Å². The largest absolute Gasteiger partial charge is 0.506 e. The van der Waals surface area contributed by atoms with E-state index in [0.29, 0.717) is 5.75 Å². The fraction of sp³-hybridized carbons (Fsp3) is 0.250. The number of hydrogen-bond acceptors (Lipinski definition) is 4. The number of anilines is 1. The number of phenolic OH excluding ortho intramolecular Hbond substituents is 1. The maximum atomic E-state index is 10.0. The van der Waals surface area contributed by atoms with Gasteiger partial charge in [0.1, 0.15) is 11.8 Å². The van der Waals surface area contributed by atoms with Gasteiger partial charge in [0.2, 0.25) is 0 Å². The van der Waals surface area contributed by atoms with Crippen molar-refractivity contribution in [3.05, 3.63) is 66.0 Å². The van der Waals surface area contributed by atoms with Crippen LogP contribution in [0.3, 0.4) is 0 Å². The number of hydrogen-bond donors (Lipinski definition) is 1. The molecule has 2 aromatic heterocycles. The Labute approximate surface area is 146 Å². The summed E-state index contributed by atoms with van der Waals surface area (Å²) in [4.78, 5) is 4.58. The summed E-state index contributed by atoms with van der Waals surface area (Å²) in [5, 5.41) is 19.6. The van der Waals surface area contributed by atoms with Crippen molar-refractivity contribution in [1.82, 2.24) is 9.30 Å². The topological polar surface area (TPSA) is 54.9 Å². The second-order valence-electron chi connectivity index (χ2n) is 6.39. The van der Waals surface area contributed by atoms with Gasteiger partial charge in [-0.3, -0.25) is 4.90 Å². The van der Waals surface area contributed by atoms with Gasteiger partial charge in [-0.05, 0) is 24.3 Å². The summed E-state index contributed by atoms with van der Waals surface area (Å²) in [7, 11) is 0. The predicted octanol–water partition coefficient (Wildman–Crippen LogP) is 2.84. The third-order valence-electron chi connectivity index (χ3n) is 4.86. The molecule has 126 valence electrons. The molecule has 0 saturated carbocycles. The number of phenols is 1. The van der Waals surface area contributed by atoms with Gasteiger partial charge in [0.15, 0.2) is 0 Å². The highest BCUT2D eigenvalue weighted by molar-refractivity contribution is 5.65. The monoisotopic (exact) mass is 332 g/mol. The minimum Gasteiger partial charge on any atom is -0.506 e. The number of rotatable bonds is 3. The lowest BCUT2D eigenvalue weighted by Crippen LogP contribution is -2.46. The normalized spacial score (nSPS) is 15.4. The van der Waals surface area contributed by atoms with Gasteiger partial charge in [-0.15, -0.1) is 0 Å². The van der Waals surface area contributed by atoms with E-state index in [1.165, 1.54) is 0 Å². The van der Waals surface area contributed by atoms with Crippen molar-refractivity contribution in [2.75, 3.05) is 31.1 Å². The molecule has 0 radical (unpaired) electrons. The number of pyridine rings is 1. The van der Waals surface area contributed by atoms with Crippen LogP contribution in [0.1, 0.15) is 11.1 Å². The van der Waals surface area contributed by atoms with Crippen molar-refractivity contribution in [2.24, 2.45) is 0 Å². The van der Waals surface area contributed by atoms with E-state index in [9.17, 15) is 10.4 Å². The molecule has 0 aliphatic carbocycles. The Morgan fingerprint density at radius 3 is 2.52 bits per heavy atom. The van der Waals surface area contributed by atoms with Gasteiger partial charge in [-0.1, -0.05) is 18.2 Å². The maximum Gasteiger partial charge on any atom is 0.138 e. The molecule has 25 heavy (non-hydrogen) atoms. The minimum absolute atomic E-state index is 0.335. The first-order valence-corrected chi connectivity index (χ1v) is 8.50. The standard InChI is InChI=1S/C20H20N4O/c21-13-17-16(15-24-8-4-3-5-18(17)24)14-22-9-11-23(12-10-22)19-6-1-2-7-20(19)25/h1-8,15,25H,9-12,14H2. The van der Waals surface area contributed by atoms with Gasteiger partial charge in [0, 0.05) is 50.7 Å². The van der Waals surface area contributed by atoms with Crippen LogP contribution in [0.5, 0.6) is 5.75 Å². The van der Waals surface area contributed by atoms with E-state index >= 15 is 0 Å². The molecule has 1 saturated heterocycles. The third-order valence-corrected chi connectivity index (χ3v) is 4.86. The van der Waals surface area contributed by atoms with Crippen molar-refractivity contribution in [2.45, 2.75) is 6.54 Å². The van der Waals surface area contributed by atoms with Crippen molar-refractivity contribution in [3.63, 3.8) is 0 Å². The summed E-state index contributed by atoms with van der Waals surface area (Å²) < 4.78 is 2.02. The Hall–Kier alpha value is -2.97. The van der Waals surface area contributed by atoms with E-state index in [4.69, 9.17) is 0 Å². The molecule has 0 amide bonds. The highest BCUT2D eigenvalue weighted by Gasteiger charge is 2.21.